The fourth-order valence-corrected chi connectivity index (χ4v) is 5.97. The van der Waals surface area contributed by atoms with E-state index in [1.807, 2.05) is 13.8 Å². The van der Waals surface area contributed by atoms with Crippen molar-refractivity contribution in [1.82, 2.24) is 10.2 Å². The number of alkyl halides is 8. The van der Waals surface area contributed by atoms with E-state index in [2.05, 4.69) is 5.32 Å². The predicted molar refractivity (Wildman–Crippen MR) is 139 cm³/mol. The smallest absolute Gasteiger partial charge is 0.453 e. The van der Waals surface area contributed by atoms with E-state index in [1.54, 1.807) is 0 Å². The number of nitrogens with two attached hydrogens (primary N) is 1. The summed E-state index contributed by atoms with van der Waals surface area (Å²) in [4.78, 5) is 24.8. The number of nitrogens with one attached hydrogen (secondary N) is 1. The monoisotopic (exact) mass is 621 g/mol. The molecule has 0 bridgehead atoms. The highest BCUT2D eigenvalue weighted by Crippen LogP contribution is 2.41. The van der Waals surface area contributed by atoms with Crippen LogP contribution in [0.4, 0.5) is 45.6 Å². The highest BCUT2D eigenvalue weighted by atomic mass is 32.2. The van der Waals surface area contributed by atoms with Gasteiger partial charge < -0.3 is 15.2 Å². The summed E-state index contributed by atoms with van der Waals surface area (Å²) >= 11 is -1.56. The number of carbonyl (C=O) groups excluding carboxylic acids is 2. The van der Waals surface area contributed by atoms with Crippen molar-refractivity contribution in [3.05, 3.63) is 29.3 Å². The van der Waals surface area contributed by atoms with Gasteiger partial charge in [0.15, 0.2) is 0 Å². The van der Waals surface area contributed by atoms with Crippen LogP contribution in [-0.2, 0) is 22.1 Å². The summed E-state index contributed by atoms with van der Waals surface area (Å²) in [5.41, 5.74) is 4.12. The van der Waals surface area contributed by atoms with Gasteiger partial charge in [0.1, 0.15) is 18.1 Å². The van der Waals surface area contributed by atoms with Crippen LogP contribution < -0.4 is 11.1 Å². The number of unbranched alkanes of at least 4 members (excludes halogenated alkanes) is 1. The quantitative estimate of drug-likeness (QED) is 0.0756. The summed E-state index contributed by atoms with van der Waals surface area (Å²) in [6.07, 6.45) is -10.0. The topological polar surface area (TPSA) is 98.5 Å². The lowest BCUT2D eigenvalue weighted by Gasteiger charge is -2.31. The highest BCUT2D eigenvalue weighted by Gasteiger charge is 2.56. The minimum absolute atomic E-state index is 0.127. The molecule has 1 saturated heterocycles. The van der Waals surface area contributed by atoms with E-state index in [9.17, 15) is 49.3 Å². The molecule has 2 rings (SSSR count). The van der Waals surface area contributed by atoms with Gasteiger partial charge in [0, 0.05) is 18.7 Å². The van der Waals surface area contributed by atoms with Gasteiger partial charge in [-0.1, -0.05) is 31.1 Å². The molecule has 2 atom stereocenters. The summed E-state index contributed by atoms with van der Waals surface area (Å²) in [7, 11) is 0. The van der Waals surface area contributed by atoms with Crippen LogP contribution in [0, 0.1) is 5.41 Å². The van der Waals surface area contributed by atoms with E-state index in [4.69, 9.17) is 5.73 Å². The number of nitrogen functional groups attached to an aromatic ring is 1. The zero-order chi connectivity index (χ0) is 31.2. The maximum Gasteiger partial charge on any atom is 0.453 e. The van der Waals surface area contributed by atoms with Crippen molar-refractivity contribution in [3.8, 4) is 0 Å². The second kappa shape index (κ2) is 13.8. The van der Waals surface area contributed by atoms with Crippen LogP contribution in [0.5, 0.6) is 0 Å². The molecule has 1 aromatic rings. The second-order valence-electron chi connectivity index (χ2n) is 11.1. The minimum Gasteiger partial charge on any atom is -0.616 e. The molecule has 3 N–H and O–H groups in total. The lowest BCUT2D eigenvalue weighted by Crippen LogP contribution is -2.36. The Hall–Kier alpha value is -2.29. The largest absolute Gasteiger partial charge is 0.616 e. The first-order valence-electron chi connectivity index (χ1n) is 13.1. The standard InChI is InChI=1S/C26H35F8N3O3S/c1-23(2,9-3-4-12-41(40)13-5-10-24(27,28)26(32,33)34)15-18(8-11-37-16-21(38)36-22(37)39)17-6-7-20(35)19(14-17)25(29,30)31/h6-7,14,18H,3-5,8-13,15-16,35H2,1-2H3,(H,36,38,39). The third kappa shape index (κ3) is 10.8. The molecule has 0 spiro atoms. The number of urea groups is 1. The molecular weight excluding hydrogens is 586 g/mol. The number of rotatable bonds is 15. The summed E-state index contributed by atoms with van der Waals surface area (Å²) in [5, 5.41) is 2.16. The molecule has 0 radical (unpaired) electrons. The van der Waals surface area contributed by atoms with Gasteiger partial charge in [-0.2, -0.15) is 35.1 Å². The van der Waals surface area contributed by atoms with Crippen molar-refractivity contribution >= 4 is 28.8 Å². The normalized spacial score (nSPS) is 16.7. The first-order valence-corrected chi connectivity index (χ1v) is 14.6. The van der Waals surface area contributed by atoms with Crippen molar-refractivity contribution in [3.63, 3.8) is 0 Å². The van der Waals surface area contributed by atoms with Gasteiger partial charge in [-0.3, -0.25) is 10.1 Å². The second-order valence-corrected chi connectivity index (χ2v) is 12.8. The molecule has 0 aromatic heterocycles. The van der Waals surface area contributed by atoms with E-state index in [0.29, 0.717) is 31.2 Å². The number of imide groups is 1. The number of hydrogen-bond acceptors (Lipinski definition) is 4. The van der Waals surface area contributed by atoms with E-state index >= 15 is 0 Å². The number of amides is 3. The zero-order valence-electron chi connectivity index (χ0n) is 22.8. The molecule has 1 aliphatic rings. The number of benzene rings is 1. The Morgan fingerprint density at radius 3 is 2.20 bits per heavy atom. The number of anilines is 1. The van der Waals surface area contributed by atoms with Crippen LogP contribution in [0.1, 0.15) is 75.8 Å². The maximum absolute atomic E-state index is 13.5. The van der Waals surface area contributed by atoms with Crippen LogP contribution in [0.2, 0.25) is 0 Å². The first-order chi connectivity index (χ1) is 18.7. The van der Waals surface area contributed by atoms with Crippen molar-refractivity contribution in [1.29, 1.82) is 0 Å². The van der Waals surface area contributed by atoms with Crippen LogP contribution in [0.15, 0.2) is 18.2 Å². The molecule has 0 aliphatic carbocycles. The summed E-state index contributed by atoms with van der Waals surface area (Å²) < 4.78 is 115. The summed E-state index contributed by atoms with van der Waals surface area (Å²) in [6, 6.07) is 3.11. The van der Waals surface area contributed by atoms with Gasteiger partial charge in [-0.15, -0.1) is 0 Å². The average Bonchev–Trinajstić information content (AvgIpc) is 3.15. The average molecular weight is 622 g/mol. The van der Waals surface area contributed by atoms with Crippen molar-refractivity contribution < 1.29 is 49.3 Å². The SMILES string of the molecule is CC(C)(CCCC[S+]([O-])CCCC(F)(F)C(F)(F)F)CC(CCN1CC(=O)NC1=O)c1ccc(N)c(C(F)(F)F)c1. The lowest BCUT2D eigenvalue weighted by molar-refractivity contribution is -0.284. The fraction of sp³-hybridized carbons (Fsp3) is 0.692. The van der Waals surface area contributed by atoms with Crippen LogP contribution in [-0.4, -0.2) is 58.1 Å². The van der Waals surface area contributed by atoms with Gasteiger partial charge >= 0.3 is 24.3 Å². The number of hydrogen-bond donors (Lipinski definition) is 2. The van der Waals surface area contributed by atoms with Gasteiger partial charge in [0.25, 0.3) is 0 Å². The first kappa shape index (κ1) is 34.9. The van der Waals surface area contributed by atoms with Crippen LogP contribution >= 0.6 is 0 Å². The van der Waals surface area contributed by atoms with E-state index < -0.39 is 76.8 Å². The molecule has 41 heavy (non-hydrogen) atoms. The zero-order valence-corrected chi connectivity index (χ0v) is 23.6. The van der Waals surface area contributed by atoms with Crippen molar-refractivity contribution in [2.24, 2.45) is 5.41 Å². The summed E-state index contributed by atoms with van der Waals surface area (Å²) in [5.74, 6) is -5.87. The molecule has 1 heterocycles. The number of carbonyl (C=O) groups is 2. The van der Waals surface area contributed by atoms with Crippen LogP contribution in [0.3, 0.4) is 0 Å². The maximum atomic E-state index is 13.5. The fourth-order valence-electron chi connectivity index (χ4n) is 4.77. The molecular formula is C26H35F8N3O3S. The van der Waals surface area contributed by atoms with Crippen LogP contribution in [0.25, 0.3) is 0 Å². The number of nitrogens with zero attached hydrogens (tertiary/aromatic N) is 1. The molecule has 6 nitrogen and oxygen atoms in total. The molecule has 15 heteroatoms. The summed E-state index contributed by atoms with van der Waals surface area (Å²) in [6.45, 7) is 3.81. The van der Waals surface area contributed by atoms with E-state index in [-0.39, 0.29) is 31.0 Å². The Bertz CT molecular complexity index is 1050. The van der Waals surface area contributed by atoms with Gasteiger partial charge in [0.05, 0.1) is 5.56 Å². The molecule has 1 aromatic carbocycles. The van der Waals surface area contributed by atoms with Crippen molar-refractivity contribution in [2.45, 2.75) is 83.0 Å². The lowest BCUT2D eigenvalue weighted by atomic mass is 9.75. The van der Waals surface area contributed by atoms with Gasteiger partial charge in [-0.05, 0) is 67.6 Å². The molecule has 2 unspecified atom stereocenters. The third-order valence-corrected chi connectivity index (χ3v) is 8.51. The van der Waals surface area contributed by atoms with Gasteiger partial charge in [0.2, 0.25) is 5.91 Å². The molecule has 234 valence electrons. The Kier molecular flexibility index (Phi) is 11.7. The van der Waals surface area contributed by atoms with E-state index in [1.165, 1.54) is 17.0 Å². The highest BCUT2D eigenvalue weighted by molar-refractivity contribution is 7.91. The minimum atomic E-state index is -5.64. The molecule has 3 amide bonds. The molecule has 1 aliphatic heterocycles. The molecule has 1 fully saturated rings. The molecule has 0 saturated carbocycles. The Balaban J connectivity index is 1.98. The van der Waals surface area contributed by atoms with Gasteiger partial charge in [-0.25, -0.2) is 4.79 Å². The predicted octanol–water partition coefficient (Wildman–Crippen LogP) is 6.63. The number of halogens is 8. The Morgan fingerprint density at radius 2 is 1.63 bits per heavy atom. The Labute approximate surface area is 236 Å². The van der Waals surface area contributed by atoms with Crippen molar-refractivity contribution in [2.75, 3.05) is 30.3 Å². The van der Waals surface area contributed by atoms with E-state index in [0.717, 1.165) is 6.07 Å². The Morgan fingerprint density at radius 1 is 1.00 bits per heavy atom. The third-order valence-electron chi connectivity index (χ3n) is 7.02.